The summed E-state index contributed by atoms with van der Waals surface area (Å²) in [6, 6.07) is 9.13. The first-order chi connectivity index (χ1) is 9.13. The Morgan fingerprint density at radius 2 is 1.89 bits per heavy atom. The summed E-state index contributed by atoms with van der Waals surface area (Å²) < 4.78 is 0. The number of hydrogen-bond acceptors (Lipinski definition) is 3. The lowest BCUT2D eigenvalue weighted by Gasteiger charge is -2.14. The Hall–Kier alpha value is -1.88. The first-order valence-corrected chi connectivity index (χ1v) is 6.39. The van der Waals surface area contributed by atoms with Gasteiger partial charge in [0.1, 0.15) is 6.04 Å². The van der Waals surface area contributed by atoms with Crippen LogP contribution in [-0.4, -0.2) is 31.4 Å². The molecule has 3 N–H and O–H groups in total. The van der Waals surface area contributed by atoms with Crippen molar-refractivity contribution in [2.45, 2.75) is 25.9 Å². The maximum absolute atomic E-state index is 11.8. The standard InChI is InChI=1S/C14H21N3O2/c1-11(17-13(18)8-9-15-2)14(19)16-10-12-6-4-3-5-7-12/h3-7,11,15H,8-10H2,1-2H3,(H,16,19)(H,17,18). The molecule has 5 nitrogen and oxygen atoms in total. The quantitative estimate of drug-likeness (QED) is 0.667. The van der Waals surface area contributed by atoms with Crippen molar-refractivity contribution in [2.75, 3.05) is 13.6 Å². The van der Waals surface area contributed by atoms with Crippen LogP contribution in [-0.2, 0) is 16.1 Å². The lowest BCUT2D eigenvalue weighted by molar-refractivity contribution is -0.128. The maximum atomic E-state index is 11.8. The number of nitrogens with one attached hydrogen (secondary N) is 3. The minimum Gasteiger partial charge on any atom is -0.350 e. The number of rotatable bonds is 7. The van der Waals surface area contributed by atoms with Gasteiger partial charge in [0.05, 0.1) is 0 Å². The molecular formula is C14H21N3O2. The smallest absolute Gasteiger partial charge is 0.242 e. The Balaban J connectivity index is 2.30. The summed E-state index contributed by atoms with van der Waals surface area (Å²) in [6.45, 7) is 2.75. The molecule has 0 saturated carbocycles. The second-order valence-electron chi connectivity index (χ2n) is 4.35. The fourth-order valence-electron chi connectivity index (χ4n) is 1.56. The molecule has 0 aromatic heterocycles. The van der Waals surface area contributed by atoms with Gasteiger partial charge in [0.15, 0.2) is 0 Å². The zero-order valence-corrected chi connectivity index (χ0v) is 11.4. The molecule has 0 spiro atoms. The molecule has 0 fully saturated rings. The first-order valence-electron chi connectivity index (χ1n) is 6.39. The Morgan fingerprint density at radius 3 is 2.53 bits per heavy atom. The molecule has 0 saturated heterocycles. The van der Waals surface area contributed by atoms with Crippen LogP contribution >= 0.6 is 0 Å². The van der Waals surface area contributed by atoms with Crippen molar-refractivity contribution in [3.8, 4) is 0 Å². The van der Waals surface area contributed by atoms with Gasteiger partial charge in [-0.2, -0.15) is 0 Å². The van der Waals surface area contributed by atoms with E-state index in [-0.39, 0.29) is 11.8 Å². The van der Waals surface area contributed by atoms with Crippen LogP contribution in [0.5, 0.6) is 0 Å². The van der Waals surface area contributed by atoms with Crippen molar-refractivity contribution < 1.29 is 9.59 Å². The molecule has 5 heteroatoms. The van der Waals surface area contributed by atoms with Crippen LogP contribution in [0.25, 0.3) is 0 Å². The van der Waals surface area contributed by atoms with Crippen molar-refractivity contribution in [1.82, 2.24) is 16.0 Å². The summed E-state index contributed by atoms with van der Waals surface area (Å²) in [5.41, 5.74) is 1.03. The van der Waals surface area contributed by atoms with Crippen LogP contribution in [0.2, 0.25) is 0 Å². The molecule has 2 amide bonds. The van der Waals surface area contributed by atoms with E-state index in [1.165, 1.54) is 0 Å². The molecule has 1 rings (SSSR count). The molecule has 0 aliphatic carbocycles. The highest BCUT2D eigenvalue weighted by Gasteiger charge is 2.14. The van der Waals surface area contributed by atoms with Gasteiger partial charge in [0, 0.05) is 19.5 Å². The fraction of sp³-hybridized carbons (Fsp3) is 0.429. The van der Waals surface area contributed by atoms with Crippen LogP contribution in [0.3, 0.4) is 0 Å². The van der Waals surface area contributed by atoms with E-state index in [0.29, 0.717) is 19.5 Å². The zero-order valence-electron chi connectivity index (χ0n) is 11.4. The van der Waals surface area contributed by atoms with Gasteiger partial charge in [-0.05, 0) is 19.5 Å². The molecule has 1 aromatic rings. The monoisotopic (exact) mass is 263 g/mol. The highest BCUT2D eigenvalue weighted by atomic mass is 16.2. The summed E-state index contributed by atoms with van der Waals surface area (Å²) in [5.74, 6) is -0.307. The van der Waals surface area contributed by atoms with E-state index in [9.17, 15) is 9.59 Å². The summed E-state index contributed by atoms with van der Waals surface area (Å²) in [7, 11) is 1.78. The van der Waals surface area contributed by atoms with Crippen LogP contribution in [0.1, 0.15) is 18.9 Å². The molecule has 1 aromatic carbocycles. The Labute approximate surface area is 113 Å². The van der Waals surface area contributed by atoms with Gasteiger partial charge >= 0.3 is 0 Å². The van der Waals surface area contributed by atoms with Crippen LogP contribution < -0.4 is 16.0 Å². The highest BCUT2D eigenvalue weighted by Crippen LogP contribution is 1.97. The minimum atomic E-state index is -0.520. The third kappa shape index (κ3) is 6.01. The summed E-state index contributed by atoms with van der Waals surface area (Å²) >= 11 is 0. The second kappa shape index (κ2) is 8.26. The normalized spacial score (nSPS) is 11.7. The minimum absolute atomic E-state index is 0.128. The average Bonchev–Trinajstić information content (AvgIpc) is 2.43. The SMILES string of the molecule is CNCCC(=O)NC(C)C(=O)NCc1ccccc1. The third-order valence-electron chi connectivity index (χ3n) is 2.68. The Bertz CT molecular complexity index is 406. The lowest BCUT2D eigenvalue weighted by Crippen LogP contribution is -2.45. The van der Waals surface area contributed by atoms with Gasteiger partial charge < -0.3 is 16.0 Å². The molecule has 0 bridgehead atoms. The van der Waals surface area contributed by atoms with Gasteiger partial charge in [-0.3, -0.25) is 9.59 Å². The van der Waals surface area contributed by atoms with E-state index in [0.717, 1.165) is 5.56 Å². The topological polar surface area (TPSA) is 70.2 Å². The number of carbonyl (C=O) groups excluding carboxylic acids is 2. The molecule has 0 radical (unpaired) electrons. The van der Waals surface area contributed by atoms with Crippen molar-refractivity contribution in [3.05, 3.63) is 35.9 Å². The fourth-order valence-corrected chi connectivity index (χ4v) is 1.56. The van der Waals surface area contributed by atoms with Crippen LogP contribution in [0, 0.1) is 0 Å². The summed E-state index contributed by atoms with van der Waals surface area (Å²) in [6.07, 6.45) is 0.368. The predicted molar refractivity (Wildman–Crippen MR) is 74.4 cm³/mol. The summed E-state index contributed by atoms with van der Waals surface area (Å²) in [5, 5.41) is 8.34. The van der Waals surface area contributed by atoms with Gasteiger partial charge in [-0.15, -0.1) is 0 Å². The number of benzene rings is 1. The van der Waals surface area contributed by atoms with Crippen molar-refractivity contribution in [3.63, 3.8) is 0 Å². The van der Waals surface area contributed by atoms with Gasteiger partial charge in [0.2, 0.25) is 11.8 Å². The number of carbonyl (C=O) groups is 2. The predicted octanol–water partition coefficient (Wildman–Crippen LogP) is 0.417. The van der Waals surface area contributed by atoms with Crippen molar-refractivity contribution >= 4 is 11.8 Å². The molecule has 1 unspecified atom stereocenters. The van der Waals surface area contributed by atoms with E-state index in [2.05, 4.69) is 16.0 Å². The van der Waals surface area contributed by atoms with Crippen molar-refractivity contribution in [2.24, 2.45) is 0 Å². The average molecular weight is 263 g/mol. The van der Waals surface area contributed by atoms with Crippen LogP contribution in [0.4, 0.5) is 0 Å². The number of amides is 2. The van der Waals surface area contributed by atoms with E-state index < -0.39 is 6.04 Å². The highest BCUT2D eigenvalue weighted by molar-refractivity contribution is 5.87. The van der Waals surface area contributed by atoms with E-state index >= 15 is 0 Å². The largest absolute Gasteiger partial charge is 0.350 e. The molecule has 0 aliphatic heterocycles. The van der Waals surface area contributed by atoms with Crippen molar-refractivity contribution in [1.29, 1.82) is 0 Å². The van der Waals surface area contributed by atoms with Gasteiger partial charge in [0.25, 0.3) is 0 Å². The van der Waals surface area contributed by atoms with E-state index in [1.807, 2.05) is 30.3 Å². The molecular weight excluding hydrogens is 242 g/mol. The number of hydrogen-bond donors (Lipinski definition) is 3. The van der Waals surface area contributed by atoms with E-state index in [1.54, 1.807) is 14.0 Å². The molecule has 104 valence electrons. The maximum Gasteiger partial charge on any atom is 0.242 e. The second-order valence-corrected chi connectivity index (χ2v) is 4.35. The molecule has 1 atom stereocenters. The van der Waals surface area contributed by atoms with Gasteiger partial charge in [-0.25, -0.2) is 0 Å². The molecule has 0 aliphatic rings. The first kappa shape index (κ1) is 15.2. The molecule has 0 heterocycles. The Morgan fingerprint density at radius 1 is 1.21 bits per heavy atom. The van der Waals surface area contributed by atoms with Crippen LogP contribution in [0.15, 0.2) is 30.3 Å². The summed E-state index contributed by atoms with van der Waals surface area (Å²) in [4.78, 5) is 23.2. The zero-order chi connectivity index (χ0) is 14.1. The van der Waals surface area contributed by atoms with E-state index in [4.69, 9.17) is 0 Å². The van der Waals surface area contributed by atoms with Gasteiger partial charge in [-0.1, -0.05) is 30.3 Å². The lowest BCUT2D eigenvalue weighted by atomic mass is 10.2. The Kier molecular flexibility index (Phi) is 6.60. The molecule has 19 heavy (non-hydrogen) atoms. The third-order valence-corrected chi connectivity index (χ3v) is 2.68.